The summed E-state index contributed by atoms with van der Waals surface area (Å²) in [5.41, 5.74) is 1.88. The summed E-state index contributed by atoms with van der Waals surface area (Å²) in [4.78, 5) is 60.8. The number of benzene rings is 2. The number of anilines is 1. The first-order valence-electron chi connectivity index (χ1n) is 16.8. The normalized spacial score (nSPS) is 26.5. The van der Waals surface area contributed by atoms with Crippen molar-refractivity contribution in [3.8, 4) is 0 Å². The number of amides is 3. The van der Waals surface area contributed by atoms with Gasteiger partial charge in [0.1, 0.15) is 17.7 Å². The fraction of sp³-hybridized carbons (Fsp3) is 0.474. The first kappa shape index (κ1) is 36.5. The second-order valence-electron chi connectivity index (χ2n) is 13.3. The van der Waals surface area contributed by atoms with E-state index in [-0.39, 0.29) is 42.8 Å². The molecule has 8 atom stereocenters. The minimum atomic E-state index is -1.34. The molecule has 0 radical (unpaired) electrons. The van der Waals surface area contributed by atoms with Gasteiger partial charge in [-0.25, -0.2) is 0 Å². The molecule has 0 aliphatic carbocycles. The van der Waals surface area contributed by atoms with Crippen molar-refractivity contribution in [1.29, 1.82) is 0 Å². The first-order valence-corrected chi connectivity index (χ1v) is 17.7. The molecular formula is C38H46BrN3O7. The maximum Gasteiger partial charge on any atom is 0.313 e. The number of hydrogen-bond acceptors (Lipinski definition) is 7. The van der Waals surface area contributed by atoms with Crippen molar-refractivity contribution < 1.29 is 33.8 Å². The zero-order chi connectivity index (χ0) is 35.6. The summed E-state index contributed by atoms with van der Waals surface area (Å²) < 4.78 is 13.0. The molecule has 1 unspecified atom stereocenters. The second-order valence-corrected chi connectivity index (χ2v) is 14.5. The van der Waals surface area contributed by atoms with Crippen LogP contribution >= 0.6 is 15.9 Å². The molecule has 262 valence electrons. The topological polar surface area (TPSA) is 117 Å². The van der Waals surface area contributed by atoms with Crippen LogP contribution in [0.1, 0.15) is 49.0 Å². The van der Waals surface area contributed by atoms with Gasteiger partial charge in [0.05, 0.1) is 30.6 Å². The smallest absolute Gasteiger partial charge is 0.313 e. The lowest BCUT2D eigenvalue weighted by molar-refractivity contribution is -0.164. The third-order valence-corrected chi connectivity index (χ3v) is 11.1. The lowest BCUT2D eigenvalue weighted by Gasteiger charge is -2.37. The minimum Gasteiger partial charge on any atom is -0.455 e. The number of rotatable bonds is 14. The fourth-order valence-corrected chi connectivity index (χ4v) is 8.69. The van der Waals surface area contributed by atoms with E-state index in [1.54, 1.807) is 29.0 Å². The number of ether oxygens (including phenoxy) is 2. The van der Waals surface area contributed by atoms with E-state index in [4.69, 9.17) is 9.47 Å². The number of nitrogens with zero attached hydrogens (tertiary/aromatic N) is 3. The van der Waals surface area contributed by atoms with Crippen molar-refractivity contribution in [3.05, 3.63) is 90.5 Å². The van der Waals surface area contributed by atoms with Gasteiger partial charge < -0.3 is 29.3 Å². The number of esters is 1. The summed E-state index contributed by atoms with van der Waals surface area (Å²) in [7, 11) is 1.68. The Kier molecular flexibility index (Phi) is 11.2. The van der Waals surface area contributed by atoms with Crippen LogP contribution in [0.15, 0.2) is 73.8 Å². The molecule has 2 bridgehead atoms. The largest absolute Gasteiger partial charge is 0.455 e. The highest BCUT2D eigenvalue weighted by Crippen LogP contribution is 2.60. The van der Waals surface area contributed by atoms with E-state index in [2.05, 4.69) is 29.1 Å². The van der Waals surface area contributed by atoms with Crippen LogP contribution in [0.4, 0.5) is 5.69 Å². The van der Waals surface area contributed by atoms with Gasteiger partial charge in [0.15, 0.2) is 0 Å². The van der Waals surface area contributed by atoms with Crippen LogP contribution < -0.4 is 4.90 Å². The monoisotopic (exact) mass is 735 g/mol. The van der Waals surface area contributed by atoms with Gasteiger partial charge in [0.2, 0.25) is 11.8 Å². The van der Waals surface area contributed by atoms with Crippen LogP contribution in [0.3, 0.4) is 0 Å². The summed E-state index contributed by atoms with van der Waals surface area (Å²) in [6, 6.07) is 13.4. The average molecular weight is 737 g/mol. The van der Waals surface area contributed by atoms with Gasteiger partial charge in [-0.2, -0.15) is 0 Å². The second kappa shape index (κ2) is 15.0. The lowest BCUT2D eigenvalue weighted by atomic mass is 9.70. The molecule has 0 saturated carbocycles. The van der Waals surface area contributed by atoms with Gasteiger partial charge in [-0.05, 0) is 56.4 Å². The molecule has 1 spiro atoms. The Labute approximate surface area is 296 Å². The number of carbonyl (C=O) groups is 4. The number of aliphatic hydroxyl groups is 1. The molecule has 3 amide bonds. The number of carbonyl (C=O) groups excluding carboxylic acids is 4. The van der Waals surface area contributed by atoms with Crippen LogP contribution in [0.2, 0.25) is 0 Å². The Morgan fingerprint density at radius 1 is 1.16 bits per heavy atom. The molecule has 2 aromatic carbocycles. The number of likely N-dealkylation sites (tertiary alicyclic amines) is 1. The van der Waals surface area contributed by atoms with Crippen LogP contribution in [-0.4, -0.2) is 94.0 Å². The molecule has 2 aromatic rings. The van der Waals surface area contributed by atoms with E-state index < -0.39 is 53.6 Å². The van der Waals surface area contributed by atoms with Crippen LogP contribution in [0.5, 0.6) is 0 Å². The molecule has 1 N–H and O–H groups in total. The molecule has 0 aromatic heterocycles. The summed E-state index contributed by atoms with van der Waals surface area (Å²) in [5.74, 6) is -3.61. The standard InChI is InChI=1S/C38H46BrN3O7/c1-7-9-15-29(44)40(6)25(5)32(26-13-11-10-12-14-26)48-37(47)30-31-35(45)42(19-20-43)34(38(31)22-27(39)33(30)49-38)36(46)41(18-8-2)28-21-23(3)16-17-24(28)4/h7-8,10-14,16-17,21,25,27,30-34,43H,1-2,9,15,18-20,22H2,3-6H3/t25-,27?,30-,31+,32+,33-,34-,38+/m0/s1. The summed E-state index contributed by atoms with van der Waals surface area (Å²) >= 11 is 3.72. The van der Waals surface area contributed by atoms with Gasteiger partial charge in [-0.1, -0.05) is 70.5 Å². The Balaban J connectivity index is 1.51. The van der Waals surface area contributed by atoms with Crippen molar-refractivity contribution in [2.45, 2.75) is 74.8 Å². The predicted octanol–water partition coefficient (Wildman–Crippen LogP) is 4.66. The molecule has 3 aliphatic heterocycles. The SMILES string of the molecule is C=CCCC(=O)N(C)[C@@H](C)[C@@H](OC(=O)[C@@H]1[C@H]2O[C@@]3(CC2Br)[C@H](C(=O)N(CC=C)c2cc(C)ccc2C)N(CCO)C(=O)[C@@H]13)c1ccccc1. The van der Waals surface area contributed by atoms with E-state index in [0.717, 1.165) is 11.1 Å². The first-order chi connectivity index (χ1) is 23.4. The third kappa shape index (κ3) is 6.60. The van der Waals surface area contributed by atoms with Crippen molar-refractivity contribution >= 4 is 45.3 Å². The van der Waals surface area contributed by atoms with Gasteiger partial charge in [0.25, 0.3) is 5.91 Å². The number of β-amino-alcohol motifs (C(OH)–C–C–N with tert-alkyl or cyclic N) is 1. The number of likely N-dealkylation sites (N-methyl/N-ethyl adjacent to an activating group) is 1. The zero-order valence-electron chi connectivity index (χ0n) is 28.6. The number of halogens is 1. The van der Waals surface area contributed by atoms with Gasteiger partial charge in [-0.3, -0.25) is 19.2 Å². The maximum absolute atomic E-state index is 14.8. The molecule has 49 heavy (non-hydrogen) atoms. The van der Waals surface area contributed by atoms with Crippen LogP contribution in [0.25, 0.3) is 0 Å². The van der Waals surface area contributed by atoms with Crippen molar-refractivity contribution in [3.63, 3.8) is 0 Å². The number of hydrogen-bond donors (Lipinski definition) is 1. The van der Waals surface area contributed by atoms with Crippen molar-refractivity contribution in [1.82, 2.24) is 9.80 Å². The zero-order valence-corrected chi connectivity index (χ0v) is 30.2. The van der Waals surface area contributed by atoms with E-state index in [1.165, 1.54) is 4.90 Å². The number of allylic oxidation sites excluding steroid dienone is 1. The average Bonchev–Trinajstić information content (AvgIpc) is 3.68. The number of aliphatic hydroxyl groups excluding tert-OH is 1. The molecule has 3 aliphatic rings. The molecule has 3 heterocycles. The van der Waals surface area contributed by atoms with E-state index in [1.807, 2.05) is 69.3 Å². The predicted molar refractivity (Wildman–Crippen MR) is 190 cm³/mol. The highest BCUT2D eigenvalue weighted by molar-refractivity contribution is 9.09. The molecule has 10 nitrogen and oxygen atoms in total. The highest BCUT2D eigenvalue weighted by atomic mass is 79.9. The summed E-state index contributed by atoms with van der Waals surface area (Å²) in [6.07, 6.45) is 2.83. The van der Waals surface area contributed by atoms with E-state index in [0.29, 0.717) is 24.1 Å². The highest BCUT2D eigenvalue weighted by Gasteiger charge is 2.77. The molecular weight excluding hydrogens is 690 g/mol. The van der Waals surface area contributed by atoms with Gasteiger partial charge in [0, 0.05) is 37.1 Å². The number of fused-ring (bicyclic) bond motifs is 1. The molecule has 3 fully saturated rings. The minimum absolute atomic E-state index is 0.105. The Bertz CT molecular complexity index is 1600. The van der Waals surface area contributed by atoms with Gasteiger partial charge >= 0.3 is 5.97 Å². The Morgan fingerprint density at radius 3 is 2.53 bits per heavy atom. The summed E-state index contributed by atoms with van der Waals surface area (Å²) in [5, 5.41) is 10.1. The molecule has 5 rings (SSSR count). The van der Waals surface area contributed by atoms with Crippen molar-refractivity contribution in [2.75, 3.05) is 31.6 Å². The number of alkyl halides is 1. The third-order valence-electron chi connectivity index (χ3n) is 10.2. The number of aryl methyl sites for hydroxylation is 2. The lowest BCUT2D eigenvalue weighted by Crippen LogP contribution is -2.57. The fourth-order valence-electron chi connectivity index (χ4n) is 7.74. The molecule has 11 heteroatoms. The Morgan fingerprint density at radius 2 is 1.88 bits per heavy atom. The summed E-state index contributed by atoms with van der Waals surface area (Å²) in [6.45, 7) is 13.0. The maximum atomic E-state index is 14.8. The van der Waals surface area contributed by atoms with Gasteiger partial charge in [-0.15, -0.1) is 13.2 Å². The molecule has 3 saturated heterocycles. The van der Waals surface area contributed by atoms with E-state index >= 15 is 0 Å². The van der Waals surface area contributed by atoms with Crippen LogP contribution in [-0.2, 0) is 28.7 Å². The quantitative estimate of drug-likeness (QED) is 0.171. The Hall–Kier alpha value is -3.80. The van der Waals surface area contributed by atoms with E-state index in [9.17, 15) is 24.3 Å². The van der Waals surface area contributed by atoms with Crippen LogP contribution in [0, 0.1) is 25.7 Å². The van der Waals surface area contributed by atoms with Crippen molar-refractivity contribution in [2.24, 2.45) is 11.8 Å².